The molecule has 1 aromatic rings. The number of hydrogen-bond acceptors (Lipinski definition) is 1. The van der Waals surface area contributed by atoms with Gasteiger partial charge in [0.15, 0.2) is 0 Å². The number of aromatic nitrogens is 1. The molecule has 1 aromatic heterocycles. The van der Waals surface area contributed by atoms with Crippen LogP contribution in [0.2, 0.25) is 5.15 Å². The molecule has 1 heterocycles. The van der Waals surface area contributed by atoms with E-state index in [-0.39, 0.29) is 5.15 Å². The summed E-state index contributed by atoms with van der Waals surface area (Å²) in [4.78, 5) is 2.99. The molecule has 0 unspecified atom stereocenters. The fourth-order valence-corrected chi connectivity index (χ4v) is 2.20. The molecule has 0 saturated carbocycles. The van der Waals surface area contributed by atoms with Crippen molar-refractivity contribution >= 4 is 34.2 Å². The van der Waals surface area contributed by atoms with Crippen LogP contribution in [0, 0.1) is 3.57 Å². The van der Waals surface area contributed by atoms with E-state index in [2.05, 4.69) is 4.98 Å². The topological polar surface area (TPSA) is 12.9 Å². The van der Waals surface area contributed by atoms with Gasteiger partial charge in [-0.25, -0.2) is 13.8 Å². The first kappa shape index (κ1) is 12.9. The number of pyridine rings is 1. The molecule has 0 saturated heterocycles. The van der Waals surface area contributed by atoms with Crippen molar-refractivity contribution in [3.63, 3.8) is 0 Å². The van der Waals surface area contributed by atoms with Crippen LogP contribution in [-0.2, 0) is 6.18 Å². The van der Waals surface area contributed by atoms with E-state index in [1.807, 2.05) is 0 Å². The van der Waals surface area contributed by atoms with Crippen LogP contribution in [0.5, 0.6) is 0 Å². The molecule has 0 aliphatic heterocycles. The highest BCUT2D eigenvalue weighted by molar-refractivity contribution is 14.1. The molecule has 0 N–H and O–H groups in total. The Morgan fingerprint density at radius 1 is 1.33 bits per heavy atom. The molecule has 0 aliphatic carbocycles. The highest BCUT2D eigenvalue weighted by atomic mass is 127. The standard InChI is InChI=1S/C7H2ClF5IN/c8-3-1-2(14)4(7(11,12)13)5(15-3)6(9)10/h1,6H. The lowest BCUT2D eigenvalue weighted by atomic mass is 10.2. The number of nitrogens with zero attached hydrogens (tertiary/aromatic N) is 1. The number of rotatable bonds is 1. The van der Waals surface area contributed by atoms with Crippen molar-refractivity contribution in [1.29, 1.82) is 0 Å². The van der Waals surface area contributed by atoms with Crippen LogP contribution in [0.4, 0.5) is 22.0 Å². The first-order valence-corrected chi connectivity index (χ1v) is 4.90. The van der Waals surface area contributed by atoms with Gasteiger partial charge in [-0.3, -0.25) is 0 Å². The SMILES string of the molecule is FC(F)c1nc(Cl)cc(I)c1C(F)(F)F. The van der Waals surface area contributed by atoms with Crippen LogP contribution >= 0.6 is 34.2 Å². The van der Waals surface area contributed by atoms with Crippen molar-refractivity contribution in [3.05, 3.63) is 26.0 Å². The van der Waals surface area contributed by atoms with Crippen LogP contribution in [0.3, 0.4) is 0 Å². The van der Waals surface area contributed by atoms with Gasteiger partial charge in [0, 0.05) is 3.57 Å². The van der Waals surface area contributed by atoms with Crippen molar-refractivity contribution in [3.8, 4) is 0 Å². The Morgan fingerprint density at radius 3 is 2.27 bits per heavy atom. The summed E-state index contributed by atoms with van der Waals surface area (Å²) in [5.74, 6) is 0. The molecule has 0 aliphatic rings. The fraction of sp³-hybridized carbons (Fsp3) is 0.286. The Labute approximate surface area is 99.8 Å². The van der Waals surface area contributed by atoms with Crippen LogP contribution in [0.15, 0.2) is 6.07 Å². The minimum absolute atomic E-state index is 0.386. The van der Waals surface area contributed by atoms with E-state index in [4.69, 9.17) is 11.6 Å². The largest absolute Gasteiger partial charge is 0.419 e. The van der Waals surface area contributed by atoms with Gasteiger partial charge in [-0.1, -0.05) is 11.6 Å². The van der Waals surface area contributed by atoms with Crippen molar-refractivity contribution in [2.75, 3.05) is 0 Å². The zero-order chi connectivity index (χ0) is 11.8. The third-order valence-electron chi connectivity index (χ3n) is 1.46. The van der Waals surface area contributed by atoms with E-state index >= 15 is 0 Å². The lowest BCUT2D eigenvalue weighted by Crippen LogP contribution is -2.13. The highest BCUT2D eigenvalue weighted by Gasteiger charge is 2.39. The molecule has 0 fully saturated rings. The number of halogens is 7. The van der Waals surface area contributed by atoms with E-state index in [0.29, 0.717) is 0 Å². The second kappa shape index (κ2) is 4.36. The maximum atomic E-state index is 12.4. The van der Waals surface area contributed by atoms with Gasteiger partial charge in [0.05, 0.1) is 5.56 Å². The van der Waals surface area contributed by atoms with Crippen LogP contribution in [0.25, 0.3) is 0 Å². The van der Waals surface area contributed by atoms with E-state index < -0.39 is 27.4 Å². The third kappa shape index (κ3) is 2.90. The average molecular weight is 357 g/mol. The fourth-order valence-electron chi connectivity index (χ4n) is 0.941. The molecule has 84 valence electrons. The first-order valence-electron chi connectivity index (χ1n) is 3.44. The minimum atomic E-state index is -4.86. The smallest absolute Gasteiger partial charge is 0.234 e. The quantitative estimate of drug-likeness (QED) is 0.415. The summed E-state index contributed by atoms with van der Waals surface area (Å²) in [7, 11) is 0. The van der Waals surface area contributed by atoms with E-state index in [1.165, 1.54) is 22.6 Å². The summed E-state index contributed by atoms with van der Waals surface area (Å²) in [6.45, 7) is 0. The molecular formula is C7H2ClF5IN. The lowest BCUT2D eigenvalue weighted by molar-refractivity contribution is -0.140. The van der Waals surface area contributed by atoms with E-state index in [1.54, 1.807) is 0 Å². The molecule has 8 heteroatoms. The number of hydrogen-bond donors (Lipinski definition) is 0. The molecular weight excluding hydrogens is 355 g/mol. The molecule has 1 nitrogen and oxygen atoms in total. The van der Waals surface area contributed by atoms with Gasteiger partial charge in [-0.05, 0) is 28.7 Å². The van der Waals surface area contributed by atoms with E-state index in [0.717, 1.165) is 6.07 Å². The summed E-state index contributed by atoms with van der Waals surface area (Å²) < 4.78 is 61.3. The maximum Gasteiger partial charge on any atom is 0.419 e. The van der Waals surface area contributed by atoms with Crippen molar-refractivity contribution in [2.45, 2.75) is 12.6 Å². The Morgan fingerprint density at radius 2 is 1.87 bits per heavy atom. The summed E-state index contributed by atoms with van der Waals surface area (Å²) in [5, 5.41) is -0.386. The van der Waals surface area contributed by atoms with Gasteiger partial charge in [0.2, 0.25) is 0 Å². The second-order valence-electron chi connectivity index (χ2n) is 2.49. The zero-order valence-corrected chi connectivity index (χ0v) is 9.66. The summed E-state index contributed by atoms with van der Waals surface area (Å²) in [5.41, 5.74) is -2.76. The molecule has 0 spiro atoms. The minimum Gasteiger partial charge on any atom is -0.234 e. The Hall–Kier alpha value is -0.180. The number of alkyl halides is 5. The predicted molar refractivity (Wildman–Crippen MR) is 51.9 cm³/mol. The third-order valence-corrected chi connectivity index (χ3v) is 2.50. The molecule has 0 atom stereocenters. The molecule has 0 aromatic carbocycles. The monoisotopic (exact) mass is 357 g/mol. The van der Waals surface area contributed by atoms with Crippen LogP contribution < -0.4 is 0 Å². The first-order chi connectivity index (χ1) is 6.73. The highest BCUT2D eigenvalue weighted by Crippen LogP contribution is 2.39. The lowest BCUT2D eigenvalue weighted by Gasteiger charge is -2.13. The summed E-state index contributed by atoms with van der Waals surface area (Å²) in [6.07, 6.45) is -8.17. The summed E-state index contributed by atoms with van der Waals surface area (Å²) >= 11 is 6.59. The summed E-state index contributed by atoms with van der Waals surface area (Å²) in [6, 6.07) is 0.886. The predicted octanol–water partition coefficient (Wildman–Crippen LogP) is 4.30. The molecule has 1 rings (SSSR count). The Bertz CT molecular complexity index is 378. The Balaban J connectivity index is 3.48. The van der Waals surface area contributed by atoms with Gasteiger partial charge < -0.3 is 0 Å². The normalized spacial score (nSPS) is 12.3. The van der Waals surface area contributed by atoms with E-state index in [9.17, 15) is 22.0 Å². The second-order valence-corrected chi connectivity index (χ2v) is 4.03. The van der Waals surface area contributed by atoms with Gasteiger partial charge >= 0.3 is 6.18 Å². The molecule has 0 radical (unpaired) electrons. The van der Waals surface area contributed by atoms with Gasteiger partial charge in [-0.2, -0.15) is 13.2 Å². The van der Waals surface area contributed by atoms with Gasteiger partial charge in [0.25, 0.3) is 6.43 Å². The molecule has 0 bridgehead atoms. The Kier molecular flexibility index (Phi) is 3.75. The van der Waals surface area contributed by atoms with Crippen molar-refractivity contribution < 1.29 is 22.0 Å². The zero-order valence-electron chi connectivity index (χ0n) is 6.75. The van der Waals surface area contributed by atoms with Crippen molar-refractivity contribution in [2.24, 2.45) is 0 Å². The van der Waals surface area contributed by atoms with Crippen LogP contribution in [0.1, 0.15) is 17.7 Å². The van der Waals surface area contributed by atoms with Gasteiger partial charge in [-0.15, -0.1) is 0 Å². The van der Waals surface area contributed by atoms with Gasteiger partial charge in [0.1, 0.15) is 10.8 Å². The maximum absolute atomic E-state index is 12.4. The molecule has 15 heavy (non-hydrogen) atoms. The average Bonchev–Trinajstić information content (AvgIpc) is 1.99. The van der Waals surface area contributed by atoms with Crippen molar-refractivity contribution in [1.82, 2.24) is 4.98 Å². The van der Waals surface area contributed by atoms with Crippen LogP contribution in [-0.4, -0.2) is 4.98 Å². The molecule has 0 amide bonds.